The van der Waals surface area contributed by atoms with Gasteiger partial charge in [0.05, 0.1) is 24.3 Å². The molecular formula is C16H16F3N3O2. The number of benzene rings is 1. The fraction of sp³-hybridized carbons (Fsp3) is 0.375. The maximum absolute atomic E-state index is 12.3. The zero-order valence-electron chi connectivity index (χ0n) is 12.6. The Kier molecular flexibility index (Phi) is 4.31. The van der Waals surface area contributed by atoms with Gasteiger partial charge in [-0.3, -0.25) is 9.48 Å². The van der Waals surface area contributed by atoms with Crippen molar-refractivity contribution in [2.45, 2.75) is 37.7 Å². The van der Waals surface area contributed by atoms with Crippen LogP contribution in [0.15, 0.2) is 36.5 Å². The van der Waals surface area contributed by atoms with Crippen molar-refractivity contribution >= 4 is 5.91 Å². The number of nitrogens with zero attached hydrogens (tertiary/aromatic N) is 2. The molecule has 0 saturated carbocycles. The highest BCUT2D eigenvalue weighted by atomic mass is 19.4. The first kappa shape index (κ1) is 16.5. The fourth-order valence-corrected chi connectivity index (χ4v) is 2.90. The molecule has 24 heavy (non-hydrogen) atoms. The van der Waals surface area contributed by atoms with Gasteiger partial charge in [-0.2, -0.15) is 18.3 Å². The first-order valence-corrected chi connectivity index (χ1v) is 7.46. The van der Waals surface area contributed by atoms with Gasteiger partial charge < -0.3 is 10.4 Å². The van der Waals surface area contributed by atoms with E-state index in [0.29, 0.717) is 6.42 Å². The number of hydrogen-bond acceptors (Lipinski definition) is 3. The van der Waals surface area contributed by atoms with Gasteiger partial charge >= 0.3 is 6.18 Å². The lowest BCUT2D eigenvalue weighted by Gasteiger charge is -2.16. The maximum atomic E-state index is 12.3. The molecule has 1 amide bonds. The van der Waals surface area contributed by atoms with E-state index in [0.717, 1.165) is 15.8 Å². The van der Waals surface area contributed by atoms with Crippen LogP contribution in [0.25, 0.3) is 0 Å². The Morgan fingerprint density at radius 3 is 2.79 bits per heavy atom. The van der Waals surface area contributed by atoms with Crippen LogP contribution in [0.2, 0.25) is 0 Å². The van der Waals surface area contributed by atoms with E-state index in [1.54, 1.807) is 0 Å². The highest BCUT2D eigenvalue weighted by molar-refractivity contribution is 5.78. The summed E-state index contributed by atoms with van der Waals surface area (Å²) in [6, 6.07) is 8.33. The number of rotatable bonds is 4. The smallest absolute Gasteiger partial charge is 0.386 e. The van der Waals surface area contributed by atoms with Crippen LogP contribution in [0.4, 0.5) is 13.2 Å². The lowest BCUT2D eigenvalue weighted by atomic mass is 10.1. The molecular weight excluding hydrogens is 323 g/mol. The van der Waals surface area contributed by atoms with E-state index < -0.39 is 24.9 Å². The van der Waals surface area contributed by atoms with Crippen molar-refractivity contribution in [3.05, 3.63) is 53.3 Å². The van der Waals surface area contributed by atoms with E-state index >= 15 is 0 Å². The molecule has 2 aromatic rings. The number of carbonyl (C=O) groups excluding carboxylic acids is 1. The number of halogens is 3. The average Bonchev–Trinajstić information content (AvgIpc) is 3.03. The Bertz CT molecular complexity index is 742. The van der Waals surface area contributed by atoms with Gasteiger partial charge in [0.1, 0.15) is 6.54 Å². The minimum atomic E-state index is -4.36. The van der Waals surface area contributed by atoms with Crippen molar-refractivity contribution in [2.75, 3.05) is 0 Å². The summed E-state index contributed by atoms with van der Waals surface area (Å²) in [5, 5.41) is 16.7. The summed E-state index contributed by atoms with van der Waals surface area (Å²) in [5.74, 6) is -0.385. The first-order valence-electron chi connectivity index (χ1n) is 7.46. The molecule has 2 N–H and O–H groups in total. The molecule has 128 valence electrons. The molecule has 1 heterocycles. The fourth-order valence-electron chi connectivity index (χ4n) is 2.90. The summed E-state index contributed by atoms with van der Waals surface area (Å²) in [4.78, 5) is 12.1. The normalized spacial score (nSPS) is 20.0. The van der Waals surface area contributed by atoms with Gasteiger partial charge in [-0.25, -0.2) is 0 Å². The number of aromatic nitrogens is 2. The Balaban J connectivity index is 1.57. The maximum Gasteiger partial charge on any atom is 0.408 e. The van der Waals surface area contributed by atoms with Crippen molar-refractivity contribution in [3.8, 4) is 0 Å². The lowest BCUT2D eigenvalue weighted by molar-refractivity contribution is -0.142. The third-order valence-electron chi connectivity index (χ3n) is 3.92. The van der Waals surface area contributed by atoms with Gasteiger partial charge in [0.15, 0.2) is 0 Å². The molecule has 1 aliphatic carbocycles. The molecule has 3 rings (SSSR count). The summed E-state index contributed by atoms with van der Waals surface area (Å²) in [6.07, 6.45) is -3.56. The van der Waals surface area contributed by atoms with Crippen LogP contribution in [0, 0.1) is 0 Å². The largest absolute Gasteiger partial charge is 0.408 e. The number of fused-ring (bicyclic) bond motifs is 1. The minimum Gasteiger partial charge on any atom is -0.386 e. The van der Waals surface area contributed by atoms with Crippen LogP contribution in [0.1, 0.15) is 22.9 Å². The van der Waals surface area contributed by atoms with E-state index in [1.165, 1.54) is 12.3 Å². The Morgan fingerprint density at radius 1 is 1.33 bits per heavy atom. The predicted molar refractivity (Wildman–Crippen MR) is 79.0 cm³/mol. The lowest BCUT2D eigenvalue weighted by Crippen LogP contribution is -2.38. The Labute approximate surface area is 136 Å². The monoisotopic (exact) mass is 339 g/mol. The van der Waals surface area contributed by atoms with E-state index in [4.69, 9.17) is 0 Å². The zero-order valence-corrected chi connectivity index (χ0v) is 12.6. The number of amides is 1. The predicted octanol–water partition coefficient (Wildman–Crippen LogP) is 1.76. The summed E-state index contributed by atoms with van der Waals surface area (Å²) >= 11 is 0. The molecule has 0 saturated heterocycles. The van der Waals surface area contributed by atoms with E-state index in [9.17, 15) is 23.1 Å². The Morgan fingerprint density at radius 2 is 2.08 bits per heavy atom. The zero-order chi connectivity index (χ0) is 17.3. The van der Waals surface area contributed by atoms with Crippen LogP contribution in [-0.4, -0.2) is 33.0 Å². The van der Waals surface area contributed by atoms with Crippen molar-refractivity contribution < 1.29 is 23.1 Å². The van der Waals surface area contributed by atoms with Crippen molar-refractivity contribution in [2.24, 2.45) is 0 Å². The number of aliphatic hydroxyl groups is 1. The summed E-state index contributed by atoms with van der Waals surface area (Å²) < 4.78 is 37.6. The van der Waals surface area contributed by atoms with Crippen LogP contribution >= 0.6 is 0 Å². The SMILES string of the molecule is O=C(Cc1ccn(CC(F)(F)F)n1)N[C@H]1Cc2ccccc2[C@@H]1O. The molecule has 1 aromatic carbocycles. The molecule has 0 fully saturated rings. The van der Waals surface area contributed by atoms with E-state index in [-0.39, 0.29) is 18.0 Å². The number of alkyl halides is 3. The van der Waals surface area contributed by atoms with Crippen LogP contribution in [-0.2, 0) is 24.2 Å². The van der Waals surface area contributed by atoms with Gasteiger partial charge in [-0.05, 0) is 23.6 Å². The highest BCUT2D eigenvalue weighted by Crippen LogP contribution is 2.31. The summed E-state index contributed by atoms with van der Waals surface area (Å²) in [5.41, 5.74) is 2.02. The molecule has 1 aromatic heterocycles. The molecule has 1 aliphatic rings. The number of aliphatic hydroxyl groups excluding tert-OH is 1. The quantitative estimate of drug-likeness (QED) is 0.892. The summed E-state index contributed by atoms with van der Waals surface area (Å²) in [6.45, 7) is -1.19. The molecule has 0 aliphatic heterocycles. The van der Waals surface area contributed by atoms with E-state index in [2.05, 4.69) is 10.4 Å². The molecule has 5 nitrogen and oxygen atoms in total. The molecule has 8 heteroatoms. The van der Waals surface area contributed by atoms with Crippen LogP contribution < -0.4 is 5.32 Å². The molecule has 0 spiro atoms. The van der Waals surface area contributed by atoms with Gasteiger partial charge in [0.25, 0.3) is 0 Å². The Hall–Kier alpha value is -2.35. The third-order valence-corrected chi connectivity index (χ3v) is 3.92. The second-order valence-corrected chi connectivity index (χ2v) is 5.82. The second kappa shape index (κ2) is 6.27. The van der Waals surface area contributed by atoms with Gasteiger partial charge in [-0.15, -0.1) is 0 Å². The topological polar surface area (TPSA) is 67.2 Å². The van der Waals surface area contributed by atoms with Crippen molar-refractivity contribution in [1.82, 2.24) is 15.1 Å². The standard InChI is InChI=1S/C16H16F3N3O2/c17-16(18,19)9-22-6-5-11(21-22)8-14(23)20-13-7-10-3-1-2-4-12(10)15(13)24/h1-6,13,15,24H,7-9H2,(H,20,23)/t13-,15-/m0/s1. The molecule has 0 unspecified atom stereocenters. The van der Waals surface area contributed by atoms with Gasteiger partial charge in [-0.1, -0.05) is 24.3 Å². The van der Waals surface area contributed by atoms with Crippen molar-refractivity contribution in [3.63, 3.8) is 0 Å². The van der Waals surface area contributed by atoms with Crippen LogP contribution in [0.3, 0.4) is 0 Å². The molecule has 2 atom stereocenters. The highest BCUT2D eigenvalue weighted by Gasteiger charge is 2.32. The molecule has 0 radical (unpaired) electrons. The minimum absolute atomic E-state index is 0.135. The first-order chi connectivity index (χ1) is 11.3. The average molecular weight is 339 g/mol. The van der Waals surface area contributed by atoms with Crippen molar-refractivity contribution in [1.29, 1.82) is 0 Å². The number of carbonyl (C=O) groups is 1. The summed E-state index contributed by atoms with van der Waals surface area (Å²) in [7, 11) is 0. The molecule has 0 bridgehead atoms. The van der Waals surface area contributed by atoms with Gasteiger partial charge in [0, 0.05) is 6.20 Å². The third kappa shape index (κ3) is 3.76. The van der Waals surface area contributed by atoms with Crippen LogP contribution in [0.5, 0.6) is 0 Å². The second-order valence-electron chi connectivity index (χ2n) is 5.82. The number of hydrogen-bond donors (Lipinski definition) is 2. The van der Waals surface area contributed by atoms with E-state index in [1.807, 2.05) is 24.3 Å². The number of nitrogens with one attached hydrogen (secondary N) is 1. The van der Waals surface area contributed by atoms with Gasteiger partial charge in [0.2, 0.25) is 5.91 Å².